The molecule has 0 saturated heterocycles. The molecule has 2 aromatic rings. The molecule has 0 radical (unpaired) electrons. The minimum Gasteiger partial charge on any atom is -0.870 e. The predicted molar refractivity (Wildman–Crippen MR) is 143 cm³/mol. The minimum absolute atomic E-state index is 0. The Bertz CT molecular complexity index is 912. The van der Waals surface area contributed by atoms with Gasteiger partial charge in [-0.05, 0) is 59.7 Å². The van der Waals surface area contributed by atoms with Crippen LogP contribution in [0.4, 0.5) is 0 Å². The first-order valence-corrected chi connectivity index (χ1v) is 14.4. The number of hydrogen-bond donors (Lipinski definition) is 0. The Labute approximate surface area is 248 Å². The van der Waals surface area contributed by atoms with Gasteiger partial charge < -0.3 is 10.0 Å². The first-order chi connectivity index (χ1) is 15.5. The quantitative estimate of drug-likeness (QED) is 0.104. The van der Waals surface area contributed by atoms with Crippen LogP contribution in [-0.4, -0.2) is 67.3 Å². The molecule has 0 amide bonds. The van der Waals surface area contributed by atoms with Crippen molar-refractivity contribution >= 4 is 69.8 Å². The molecule has 2 aromatic carbocycles. The molecular formula is C28H44BaO4S. The van der Waals surface area contributed by atoms with E-state index in [0.717, 1.165) is 43.1 Å². The van der Waals surface area contributed by atoms with E-state index in [2.05, 4.69) is 19.9 Å². The minimum atomic E-state index is -4.46. The van der Waals surface area contributed by atoms with Gasteiger partial charge in [-0.3, -0.25) is 0 Å². The smallest absolute Gasteiger partial charge is 0.870 e. The van der Waals surface area contributed by atoms with Gasteiger partial charge in [-0.2, -0.15) is 0 Å². The van der Waals surface area contributed by atoms with Crippen LogP contribution in [-0.2, 0) is 23.0 Å². The summed E-state index contributed by atoms with van der Waals surface area (Å²) in [5, 5.41) is 2.07. The standard InChI is InChI=1S/C28H44O3S.Ba.H2O/c1-3-5-7-9-11-13-15-18-24-20-17-21-26-23-27(32(29,30)31)22-25(28(24)26)19-16-14-12-10-8-6-4-2;;/h17,20-23H,3-16,18-19H2,1-2H3,(H,29,30,31);;1H2/q;+2;/p-2. The van der Waals surface area contributed by atoms with Crippen LogP contribution in [0.2, 0.25) is 0 Å². The summed E-state index contributed by atoms with van der Waals surface area (Å²) in [6.07, 6.45) is 19.3. The summed E-state index contributed by atoms with van der Waals surface area (Å²) < 4.78 is 35.3. The molecule has 0 saturated carbocycles. The van der Waals surface area contributed by atoms with Crippen LogP contribution < -0.4 is 0 Å². The molecule has 4 nitrogen and oxygen atoms in total. The van der Waals surface area contributed by atoms with Gasteiger partial charge >= 0.3 is 48.9 Å². The maximum absolute atomic E-state index is 11.8. The summed E-state index contributed by atoms with van der Waals surface area (Å²) in [4.78, 5) is -0.0870. The molecule has 0 fully saturated rings. The van der Waals surface area contributed by atoms with E-state index in [4.69, 9.17) is 0 Å². The van der Waals surface area contributed by atoms with Gasteiger partial charge in [0.05, 0.1) is 4.90 Å². The van der Waals surface area contributed by atoms with Crippen molar-refractivity contribution in [2.24, 2.45) is 0 Å². The number of aryl methyl sites for hydroxylation is 2. The van der Waals surface area contributed by atoms with Crippen LogP contribution >= 0.6 is 0 Å². The molecule has 0 atom stereocenters. The number of hydrogen-bond acceptors (Lipinski definition) is 4. The molecule has 2 rings (SSSR count). The zero-order chi connectivity index (χ0) is 23.2. The molecule has 0 aliphatic heterocycles. The van der Waals surface area contributed by atoms with Crippen LogP contribution in [0.3, 0.4) is 0 Å². The van der Waals surface area contributed by atoms with E-state index in [1.54, 1.807) is 12.1 Å². The summed E-state index contributed by atoms with van der Waals surface area (Å²) in [6, 6.07) is 9.35. The zero-order valence-electron chi connectivity index (χ0n) is 21.5. The molecule has 188 valence electrons. The fourth-order valence-corrected chi connectivity index (χ4v) is 5.22. The average molecular weight is 614 g/mol. The van der Waals surface area contributed by atoms with E-state index in [0.29, 0.717) is 0 Å². The molecule has 0 unspecified atom stereocenters. The summed E-state index contributed by atoms with van der Waals surface area (Å²) in [7, 11) is -4.46. The third kappa shape index (κ3) is 12.4. The topological polar surface area (TPSA) is 87.2 Å². The number of fused-ring (bicyclic) bond motifs is 1. The van der Waals surface area contributed by atoms with E-state index < -0.39 is 10.1 Å². The molecule has 0 aromatic heterocycles. The Morgan fingerprint density at radius 2 is 1.15 bits per heavy atom. The van der Waals surface area contributed by atoms with E-state index in [1.807, 2.05) is 12.1 Å². The van der Waals surface area contributed by atoms with E-state index in [-0.39, 0.29) is 59.3 Å². The number of rotatable bonds is 17. The van der Waals surface area contributed by atoms with Crippen molar-refractivity contribution < 1.29 is 18.4 Å². The Balaban J connectivity index is 0.00000544. The van der Waals surface area contributed by atoms with E-state index in [1.165, 1.54) is 81.6 Å². The van der Waals surface area contributed by atoms with Crippen LogP contribution in [0, 0.1) is 0 Å². The van der Waals surface area contributed by atoms with Gasteiger partial charge in [0, 0.05) is 0 Å². The van der Waals surface area contributed by atoms with Crippen LogP contribution in [0.25, 0.3) is 10.8 Å². The Kier molecular flexibility index (Phi) is 19.4. The molecule has 0 aliphatic rings. The second-order valence-corrected chi connectivity index (χ2v) is 10.7. The van der Waals surface area contributed by atoms with Gasteiger partial charge in [0.1, 0.15) is 10.1 Å². The Hall–Kier alpha value is 0.141. The maximum Gasteiger partial charge on any atom is 2.00 e. The predicted octanol–water partition coefficient (Wildman–Crippen LogP) is 7.77. The Morgan fingerprint density at radius 3 is 1.65 bits per heavy atom. The van der Waals surface area contributed by atoms with Crippen molar-refractivity contribution in [3.8, 4) is 0 Å². The number of benzene rings is 2. The van der Waals surface area contributed by atoms with Crippen molar-refractivity contribution in [1.82, 2.24) is 0 Å². The largest absolute Gasteiger partial charge is 2.00 e. The fourth-order valence-electron chi connectivity index (χ4n) is 4.67. The average Bonchev–Trinajstić information content (AvgIpc) is 2.77. The fraction of sp³-hybridized carbons (Fsp3) is 0.643. The summed E-state index contributed by atoms with van der Waals surface area (Å²) in [5.74, 6) is 0. The zero-order valence-corrected chi connectivity index (χ0v) is 26.7. The van der Waals surface area contributed by atoms with Gasteiger partial charge in [-0.15, -0.1) is 0 Å². The third-order valence-corrected chi connectivity index (χ3v) is 7.32. The first kappa shape index (κ1) is 34.1. The summed E-state index contributed by atoms with van der Waals surface area (Å²) >= 11 is 0. The Morgan fingerprint density at radius 1 is 0.676 bits per heavy atom. The molecule has 34 heavy (non-hydrogen) atoms. The molecule has 0 aliphatic carbocycles. The van der Waals surface area contributed by atoms with Crippen LogP contribution in [0.5, 0.6) is 0 Å². The molecular weight excluding hydrogens is 570 g/mol. The van der Waals surface area contributed by atoms with Gasteiger partial charge in [0.25, 0.3) is 0 Å². The summed E-state index contributed by atoms with van der Waals surface area (Å²) in [6.45, 7) is 4.47. The van der Waals surface area contributed by atoms with Crippen LogP contribution in [0.1, 0.15) is 115 Å². The molecule has 0 bridgehead atoms. The van der Waals surface area contributed by atoms with E-state index >= 15 is 0 Å². The third-order valence-electron chi connectivity index (χ3n) is 6.51. The maximum atomic E-state index is 11.8. The van der Waals surface area contributed by atoms with Crippen molar-refractivity contribution in [3.63, 3.8) is 0 Å². The monoisotopic (exact) mass is 614 g/mol. The van der Waals surface area contributed by atoms with E-state index in [9.17, 15) is 13.0 Å². The van der Waals surface area contributed by atoms with Crippen LogP contribution in [0.15, 0.2) is 35.2 Å². The van der Waals surface area contributed by atoms with Crippen molar-refractivity contribution in [2.75, 3.05) is 0 Å². The molecule has 0 heterocycles. The van der Waals surface area contributed by atoms with Crippen molar-refractivity contribution in [3.05, 3.63) is 41.5 Å². The molecule has 1 N–H and O–H groups in total. The second-order valence-electron chi connectivity index (χ2n) is 9.29. The number of unbranched alkanes of at least 4 members (excludes halogenated alkanes) is 12. The van der Waals surface area contributed by atoms with Crippen molar-refractivity contribution in [2.45, 2.75) is 121 Å². The van der Waals surface area contributed by atoms with Gasteiger partial charge in [0.2, 0.25) is 0 Å². The summed E-state index contributed by atoms with van der Waals surface area (Å²) in [5.41, 5.74) is 2.33. The molecule has 6 heteroatoms. The molecule has 0 spiro atoms. The van der Waals surface area contributed by atoms with Gasteiger partial charge in [-0.25, -0.2) is 8.42 Å². The van der Waals surface area contributed by atoms with Crippen molar-refractivity contribution in [1.29, 1.82) is 0 Å². The normalized spacial score (nSPS) is 11.3. The van der Waals surface area contributed by atoms with Gasteiger partial charge in [0.15, 0.2) is 0 Å². The van der Waals surface area contributed by atoms with Gasteiger partial charge in [-0.1, -0.05) is 109 Å². The first-order valence-electron chi connectivity index (χ1n) is 13.0. The SMILES string of the molecule is CCCCCCCCCc1cccc2cc(S(=O)(=O)[O-])cc(CCCCCCCCC)c12.[Ba+2].[OH-]. The second kappa shape index (κ2) is 19.3.